The normalized spacial score (nSPS) is 22.8. The summed E-state index contributed by atoms with van der Waals surface area (Å²) in [5, 5.41) is 13.7. The maximum atomic E-state index is 5.52. The Labute approximate surface area is 146 Å². The van der Waals surface area contributed by atoms with Gasteiger partial charge in [-0.05, 0) is 11.4 Å². The molecule has 24 heavy (non-hydrogen) atoms. The molecule has 2 N–H and O–H groups in total. The highest BCUT2D eigenvalue weighted by atomic mass is 32.1. The number of hydrogen-bond donors (Lipinski definition) is 2. The molecule has 0 spiro atoms. The van der Waals surface area contributed by atoms with Gasteiger partial charge in [-0.25, -0.2) is 4.68 Å². The molecule has 0 amide bonds. The lowest BCUT2D eigenvalue weighted by Gasteiger charge is -2.34. The van der Waals surface area contributed by atoms with Crippen LogP contribution in [0.1, 0.15) is 10.9 Å². The first-order valence-corrected chi connectivity index (χ1v) is 9.60. The quantitative estimate of drug-likeness (QED) is 0.832. The topological polar surface area (TPSA) is 54.4 Å². The zero-order valence-corrected chi connectivity index (χ0v) is 14.7. The molecule has 0 bridgehead atoms. The Morgan fingerprint density at radius 1 is 1.38 bits per heavy atom. The molecule has 0 radical (unpaired) electrons. The van der Waals surface area contributed by atoms with E-state index < -0.39 is 0 Å². The molecule has 2 aromatic rings. The third-order valence-electron chi connectivity index (χ3n) is 4.85. The predicted octanol–water partition coefficient (Wildman–Crippen LogP) is 1.65. The highest BCUT2D eigenvalue weighted by Crippen LogP contribution is 2.25. The van der Waals surface area contributed by atoms with Crippen molar-refractivity contribution in [3.05, 3.63) is 34.7 Å². The van der Waals surface area contributed by atoms with Crippen LogP contribution in [-0.2, 0) is 11.3 Å². The smallest absolute Gasteiger partial charge is 0.124 e. The number of rotatable bonds is 6. The van der Waals surface area contributed by atoms with E-state index in [1.807, 2.05) is 23.6 Å². The second-order valence-electron chi connectivity index (χ2n) is 6.48. The Bertz CT molecular complexity index is 623. The molecule has 1 saturated heterocycles. The van der Waals surface area contributed by atoms with E-state index in [-0.39, 0.29) is 0 Å². The van der Waals surface area contributed by atoms with Crippen LogP contribution in [-0.4, -0.2) is 60.6 Å². The summed E-state index contributed by atoms with van der Waals surface area (Å²) in [5.41, 5.74) is 0. The Morgan fingerprint density at radius 2 is 2.29 bits per heavy atom. The maximum absolute atomic E-state index is 5.52. The van der Waals surface area contributed by atoms with E-state index >= 15 is 0 Å². The average molecular weight is 347 g/mol. The second-order valence-corrected chi connectivity index (χ2v) is 7.46. The monoisotopic (exact) mass is 347 g/mol. The first-order valence-electron chi connectivity index (χ1n) is 8.72. The van der Waals surface area contributed by atoms with Gasteiger partial charge in [0.15, 0.2) is 0 Å². The molecule has 130 valence electrons. The van der Waals surface area contributed by atoms with Crippen molar-refractivity contribution in [2.24, 2.45) is 5.92 Å². The van der Waals surface area contributed by atoms with Gasteiger partial charge in [-0.2, -0.15) is 5.10 Å². The van der Waals surface area contributed by atoms with Crippen molar-refractivity contribution in [2.75, 3.05) is 51.3 Å². The standard InChI is InChI=1S/C17H25N5OS/c1-2-16(24-9-1)15(21-5-7-23-8-6-21)12-18-10-14-11-19-17-3-4-20-22(17)13-14/h1-4,9,14-15,18-19H,5-8,10-13H2/t14-,15+/m0/s1. The molecular weight excluding hydrogens is 322 g/mol. The summed E-state index contributed by atoms with van der Waals surface area (Å²) in [6.07, 6.45) is 1.86. The fraction of sp³-hybridized carbons (Fsp3) is 0.588. The molecule has 0 saturated carbocycles. The fourth-order valence-electron chi connectivity index (χ4n) is 3.53. The Hall–Kier alpha value is -1.41. The molecule has 7 heteroatoms. The molecule has 6 nitrogen and oxygen atoms in total. The number of nitrogens with one attached hydrogen (secondary N) is 2. The molecule has 4 heterocycles. The molecule has 2 atom stereocenters. The maximum Gasteiger partial charge on any atom is 0.124 e. The SMILES string of the molecule is c1csc([C@@H](CNC[C@H]2CNc3ccnn3C2)N2CCOCC2)c1. The van der Waals surface area contributed by atoms with Crippen LogP contribution in [0.2, 0.25) is 0 Å². The molecule has 4 rings (SSSR count). The average Bonchev–Trinajstić information content (AvgIpc) is 3.30. The summed E-state index contributed by atoms with van der Waals surface area (Å²) >= 11 is 1.85. The summed E-state index contributed by atoms with van der Waals surface area (Å²) in [5.74, 6) is 1.71. The predicted molar refractivity (Wildman–Crippen MR) is 96.5 cm³/mol. The van der Waals surface area contributed by atoms with Crippen molar-refractivity contribution < 1.29 is 4.74 Å². The van der Waals surface area contributed by atoms with Gasteiger partial charge in [-0.3, -0.25) is 4.90 Å². The molecule has 2 aliphatic heterocycles. The van der Waals surface area contributed by atoms with Gasteiger partial charge >= 0.3 is 0 Å². The van der Waals surface area contributed by atoms with Gasteiger partial charge in [0, 0.05) is 56.1 Å². The van der Waals surface area contributed by atoms with Gasteiger partial charge in [-0.1, -0.05) is 6.07 Å². The lowest BCUT2D eigenvalue weighted by atomic mass is 10.1. The zero-order chi connectivity index (χ0) is 16.2. The van der Waals surface area contributed by atoms with Crippen LogP contribution in [0, 0.1) is 5.92 Å². The van der Waals surface area contributed by atoms with Gasteiger partial charge < -0.3 is 15.4 Å². The van der Waals surface area contributed by atoms with Crippen LogP contribution < -0.4 is 10.6 Å². The highest BCUT2D eigenvalue weighted by molar-refractivity contribution is 7.10. The Balaban J connectivity index is 1.32. The van der Waals surface area contributed by atoms with Crippen molar-refractivity contribution in [3.8, 4) is 0 Å². The highest BCUT2D eigenvalue weighted by Gasteiger charge is 2.24. The number of nitrogens with zero attached hydrogens (tertiary/aromatic N) is 3. The van der Waals surface area contributed by atoms with E-state index in [0.717, 1.165) is 58.3 Å². The molecule has 2 aliphatic rings. The second kappa shape index (κ2) is 7.65. The van der Waals surface area contributed by atoms with Crippen molar-refractivity contribution in [1.29, 1.82) is 0 Å². The van der Waals surface area contributed by atoms with Crippen molar-refractivity contribution in [3.63, 3.8) is 0 Å². The number of thiophene rings is 1. The van der Waals surface area contributed by atoms with E-state index in [0.29, 0.717) is 12.0 Å². The van der Waals surface area contributed by atoms with E-state index in [2.05, 4.69) is 42.8 Å². The number of fused-ring (bicyclic) bond motifs is 1. The van der Waals surface area contributed by atoms with Gasteiger partial charge in [0.05, 0.1) is 25.5 Å². The minimum Gasteiger partial charge on any atom is -0.379 e. The molecule has 0 aromatic carbocycles. The lowest BCUT2D eigenvalue weighted by molar-refractivity contribution is 0.0167. The van der Waals surface area contributed by atoms with E-state index in [9.17, 15) is 0 Å². The van der Waals surface area contributed by atoms with Gasteiger partial charge in [0.25, 0.3) is 0 Å². The number of aromatic nitrogens is 2. The molecule has 0 unspecified atom stereocenters. The summed E-state index contributed by atoms with van der Waals surface area (Å²) in [6, 6.07) is 6.89. The van der Waals surface area contributed by atoms with Crippen molar-refractivity contribution in [1.82, 2.24) is 20.0 Å². The molecular formula is C17H25N5OS. The number of anilines is 1. The van der Waals surface area contributed by atoms with Gasteiger partial charge in [-0.15, -0.1) is 11.3 Å². The van der Waals surface area contributed by atoms with Crippen LogP contribution >= 0.6 is 11.3 Å². The molecule has 1 fully saturated rings. The van der Waals surface area contributed by atoms with Crippen LogP contribution in [0.25, 0.3) is 0 Å². The van der Waals surface area contributed by atoms with Crippen LogP contribution in [0.5, 0.6) is 0 Å². The van der Waals surface area contributed by atoms with Gasteiger partial charge in [0.1, 0.15) is 5.82 Å². The minimum absolute atomic E-state index is 0.450. The van der Waals surface area contributed by atoms with Crippen molar-refractivity contribution >= 4 is 17.2 Å². The molecule has 2 aromatic heterocycles. The first kappa shape index (κ1) is 16.1. The Morgan fingerprint density at radius 3 is 3.12 bits per heavy atom. The van der Waals surface area contributed by atoms with E-state index in [1.54, 1.807) is 0 Å². The third-order valence-corrected chi connectivity index (χ3v) is 5.82. The van der Waals surface area contributed by atoms with E-state index in [1.165, 1.54) is 4.88 Å². The lowest BCUT2D eigenvalue weighted by Crippen LogP contribution is -2.44. The van der Waals surface area contributed by atoms with Crippen LogP contribution in [0.3, 0.4) is 0 Å². The van der Waals surface area contributed by atoms with Crippen LogP contribution in [0.4, 0.5) is 5.82 Å². The van der Waals surface area contributed by atoms with E-state index in [4.69, 9.17) is 4.74 Å². The molecule has 0 aliphatic carbocycles. The Kier molecular flexibility index (Phi) is 5.13. The van der Waals surface area contributed by atoms with Crippen molar-refractivity contribution in [2.45, 2.75) is 12.6 Å². The summed E-state index contributed by atoms with van der Waals surface area (Å²) in [7, 11) is 0. The third kappa shape index (κ3) is 3.64. The fourth-order valence-corrected chi connectivity index (χ4v) is 4.39. The largest absolute Gasteiger partial charge is 0.379 e. The number of hydrogen-bond acceptors (Lipinski definition) is 6. The van der Waals surface area contributed by atoms with Gasteiger partial charge in [0.2, 0.25) is 0 Å². The summed E-state index contributed by atoms with van der Waals surface area (Å²) < 4.78 is 7.58. The summed E-state index contributed by atoms with van der Waals surface area (Å²) in [6.45, 7) is 7.73. The summed E-state index contributed by atoms with van der Waals surface area (Å²) in [4.78, 5) is 3.99. The van der Waals surface area contributed by atoms with Crippen LogP contribution in [0.15, 0.2) is 29.8 Å². The minimum atomic E-state index is 0.450. The number of morpholine rings is 1. The number of ether oxygens (including phenoxy) is 1. The zero-order valence-electron chi connectivity index (χ0n) is 13.9. The first-order chi connectivity index (χ1) is 11.9.